The van der Waals surface area contributed by atoms with E-state index in [0.717, 1.165) is 25.3 Å². The van der Waals surface area contributed by atoms with Crippen molar-refractivity contribution in [3.8, 4) is 0 Å². The molecule has 0 saturated heterocycles. The first-order valence-electron chi connectivity index (χ1n) is 6.95. The van der Waals surface area contributed by atoms with Crippen molar-refractivity contribution in [1.29, 1.82) is 0 Å². The Balaban J connectivity index is 2.37. The van der Waals surface area contributed by atoms with Crippen molar-refractivity contribution in [1.82, 2.24) is 4.98 Å². The minimum atomic E-state index is -4.67. The van der Waals surface area contributed by atoms with Crippen molar-refractivity contribution in [2.24, 2.45) is 0 Å². The molecule has 0 fully saturated rings. The van der Waals surface area contributed by atoms with E-state index in [1.807, 2.05) is 0 Å². The van der Waals surface area contributed by atoms with Crippen LogP contribution < -0.4 is 5.32 Å². The molecule has 27 heavy (non-hydrogen) atoms. The summed E-state index contributed by atoms with van der Waals surface area (Å²) in [7, 11) is 1.05. The molecule has 2 aromatic rings. The van der Waals surface area contributed by atoms with Gasteiger partial charge in [-0.3, -0.25) is 14.9 Å². The van der Waals surface area contributed by atoms with Gasteiger partial charge >= 0.3 is 12.1 Å². The number of nitro groups is 1. The highest BCUT2D eigenvalue weighted by Crippen LogP contribution is 2.32. The first-order valence-corrected chi connectivity index (χ1v) is 7.32. The number of amides is 1. The number of anilines is 1. The van der Waals surface area contributed by atoms with Gasteiger partial charge in [0, 0.05) is 23.9 Å². The number of non-ortho nitro benzene ring substituents is 1. The lowest BCUT2D eigenvalue weighted by molar-refractivity contribution is -0.384. The summed E-state index contributed by atoms with van der Waals surface area (Å²) >= 11 is 5.69. The average molecular weight is 404 g/mol. The van der Waals surface area contributed by atoms with Crippen molar-refractivity contribution in [3.63, 3.8) is 0 Å². The van der Waals surface area contributed by atoms with Crippen molar-refractivity contribution < 1.29 is 32.4 Å². The number of esters is 1. The van der Waals surface area contributed by atoms with E-state index in [0.29, 0.717) is 12.3 Å². The number of rotatable bonds is 4. The highest BCUT2D eigenvalue weighted by Gasteiger charge is 2.31. The van der Waals surface area contributed by atoms with Crippen LogP contribution in [-0.2, 0) is 10.9 Å². The van der Waals surface area contributed by atoms with Gasteiger partial charge in [0.05, 0.1) is 28.2 Å². The average Bonchev–Trinajstić information content (AvgIpc) is 2.61. The molecule has 0 radical (unpaired) electrons. The van der Waals surface area contributed by atoms with Crippen molar-refractivity contribution in [2.75, 3.05) is 12.4 Å². The van der Waals surface area contributed by atoms with Crippen LogP contribution in [0.3, 0.4) is 0 Å². The van der Waals surface area contributed by atoms with Crippen molar-refractivity contribution in [2.45, 2.75) is 6.18 Å². The number of nitro benzene ring substituents is 1. The summed E-state index contributed by atoms with van der Waals surface area (Å²) in [5.41, 5.74) is -2.26. The highest BCUT2D eigenvalue weighted by molar-refractivity contribution is 6.33. The summed E-state index contributed by atoms with van der Waals surface area (Å²) in [5, 5.41) is 12.6. The fraction of sp³-hybridized carbons (Fsp3) is 0.133. The molecule has 0 bridgehead atoms. The van der Waals surface area contributed by atoms with E-state index in [2.05, 4.69) is 15.0 Å². The zero-order chi connectivity index (χ0) is 20.4. The van der Waals surface area contributed by atoms with E-state index in [9.17, 15) is 32.9 Å². The molecule has 0 spiro atoms. The number of hydrogen-bond acceptors (Lipinski definition) is 6. The van der Waals surface area contributed by atoms with Gasteiger partial charge in [-0.15, -0.1) is 0 Å². The van der Waals surface area contributed by atoms with Gasteiger partial charge in [0.25, 0.3) is 11.6 Å². The second kappa shape index (κ2) is 7.58. The Morgan fingerprint density at radius 3 is 2.37 bits per heavy atom. The van der Waals surface area contributed by atoms with Gasteiger partial charge in [0.1, 0.15) is 0 Å². The Kier molecular flexibility index (Phi) is 5.64. The number of nitrogens with zero attached hydrogens (tertiary/aromatic N) is 2. The summed E-state index contributed by atoms with van der Waals surface area (Å²) in [6.07, 6.45) is -4.20. The molecule has 0 saturated carbocycles. The Morgan fingerprint density at radius 2 is 1.85 bits per heavy atom. The lowest BCUT2D eigenvalue weighted by Crippen LogP contribution is -2.16. The van der Waals surface area contributed by atoms with Gasteiger partial charge in [-0.1, -0.05) is 11.6 Å². The van der Waals surface area contributed by atoms with E-state index in [1.165, 1.54) is 0 Å². The third-order valence-electron chi connectivity index (χ3n) is 3.21. The van der Waals surface area contributed by atoms with Crippen LogP contribution in [-0.4, -0.2) is 28.9 Å². The highest BCUT2D eigenvalue weighted by atomic mass is 35.5. The zero-order valence-corrected chi connectivity index (χ0v) is 14.1. The lowest BCUT2D eigenvalue weighted by atomic mass is 10.1. The number of benzene rings is 1. The van der Waals surface area contributed by atoms with Crippen LogP contribution >= 0.6 is 11.6 Å². The number of alkyl halides is 3. The number of halogens is 4. The second-order valence-electron chi connectivity index (χ2n) is 5.02. The molecule has 1 aromatic heterocycles. The zero-order valence-electron chi connectivity index (χ0n) is 13.3. The molecule has 12 heteroatoms. The first-order chi connectivity index (χ1) is 12.5. The van der Waals surface area contributed by atoms with Gasteiger partial charge in [0.15, 0.2) is 5.82 Å². The molecule has 1 N–H and O–H groups in total. The van der Waals surface area contributed by atoms with Crippen LogP contribution in [0.25, 0.3) is 0 Å². The minimum Gasteiger partial charge on any atom is -0.465 e. The van der Waals surface area contributed by atoms with E-state index < -0.39 is 39.2 Å². The topological polar surface area (TPSA) is 111 Å². The molecule has 0 aliphatic heterocycles. The van der Waals surface area contributed by atoms with E-state index in [-0.39, 0.29) is 16.9 Å². The molecule has 0 aliphatic rings. The van der Waals surface area contributed by atoms with Crippen molar-refractivity contribution in [3.05, 3.63) is 62.3 Å². The van der Waals surface area contributed by atoms with Crippen LogP contribution in [0.5, 0.6) is 0 Å². The maximum absolute atomic E-state index is 12.6. The molecule has 142 valence electrons. The molecule has 2 rings (SSSR count). The van der Waals surface area contributed by atoms with Gasteiger partial charge < -0.3 is 10.1 Å². The Labute approximate surface area is 154 Å². The molecule has 1 heterocycles. The molecule has 0 unspecified atom stereocenters. The fourth-order valence-electron chi connectivity index (χ4n) is 1.95. The van der Waals surface area contributed by atoms with Gasteiger partial charge in [-0.05, 0) is 12.1 Å². The van der Waals surface area contributed by atoms with Crippen LogP contribution in [0.4, 0.5) is 24.7 Å². The third kappa shape index (κ3) is 4.70. The summed E-state index contributed by atoms with van der Waals surface area (Å²) in [6, 6.07) is 3.37. The SMILES string of the molecule is COC(=O)c1cc(C(=O)Nc2ncc(C(F)(F)F)cc2Cl)cc([N+](=O)[O-])c1. The maximum Gasteiger partial charge on any atom is 0.417 e. The van der Waals surface area contributed by atoms with Gasteiger partial charge in [0.2, 0.25) is 0 Å². The summed E-state index contributed by atoms with van der Waals surface area (Å²) in [5.74, 6) is -2.28. The minimum absolute atomic E-state index is 0.261. The number of ether oxygens (including phenoxy) is 1. The summed E-state index contributed by atoms with van der Waals surface area (Å²) in [6.45, 7) is 0. The third-order valence-corrected chi connectivity index (χ3v) is 3.50. The predicted octanol–water partition coefficient (Wildman–Crippen LogP) is 3.70. The Bertz CT molecular complexity index is 933. The maximum atomic E-state index is 12.6. The van der Waals surface area contributed by atoms with E-state index in [4.69, 9.17) is 11.6 Å². The van der Waals surface area contributed by atoms with Crippen LogP contribution in [0.2, 0.25) is 5.02 Å². The van der Waals surface area contributed by atoms with E-state index in [1.54, 1.807) is 0 Å². The fourth-order valence-corrected chi connectivity index (χ4v) is 2.16. The smallest absolute Gasteiger partial charge is 0.417 e. The molecular formula is C15H9ClF3N3O5. The summed E-state index contributed by atoms with van der Waals surface area (Å²) in [4.78, 5) is 37.4. The Hall–Kier alpha value is -3.21. The van der Waals surface area contributed by atoms with Crippen molar-refractivity contribution >= 4 is 35.0 Å². The van der Waals surface area contributed by atoms with E-state index >= 15 is 0 Å². The summed E-state index contributed by atoms with van der Waals surface area (Å²) < 4.78 is 42.3. The van der Waals surface area contributed by atoms with Crippen LogP contribution in [0.1, 0.15) is 26.3 Å². The number of carbonyl (C=O) groups is 2. The second-order valence-corrected chi connectivity index (χ2v) is 5.43. The van der Waals surface area contributed by atoms with Crippen LogP contribution in [0, 0.1) is 10.1 Å². The normalized spacial score (nSPS) is 11.0. The molecule has 0 aliphatic carbocycles. The lowest BCUT2D eigenvalue weighted by Gasteiger charge is -2.10. The number of hydrogen-bond donors (Lipinski definition) is 1. The number of pyridine rings is 1. The standard InChI is InChI=1S/C15H9ClF3N3O5/c1-27-14(24)8-2-7(3-10(4-8)22(25)26)13(23)21-12-11(16)5-9(6-20-12)15(17,18)19/h2-6H,1H3,(H,20,21,23). The molecule has 1 amide bonds. The van der Waals surface area contributed by atoms with Gasteiger partial charge in [-0.2, -0.15) is 13.2 Å². The predicted molar refractivity (Wildman–Crippen MR) is 86.6 cm³/mol. The number of methoxy groups -OCH3 is 1. The molecular weight excluding hydrogens is 395 g/mol. The first kappa shape index (κ1) is 20.1. The quantitative estimate of drug-likeness (QED) is 0.473. The number of nitrogens with one attached hydrogen (secondary N) is 1. The molecule has 8 nitrogen and oxygen atoms in total. The molecule has 0 atom stereocenters. The van der Waals surface area contributed by atoms with Gasteiger partial charge in [-0.25, -0.2) is 9.78 Å². The molecule has 1 aromatic carbocycles. The number of carbonyl (C=O) groups excluding carboxylic acids is 2. The Morgan fingerprint density at radius 1 is 1.22 bits per heavy atom. The monoisotopic (exact) mass is 403 g/mol. The number of aromatic nitrogens is 1. The largest absolute Gasteiger partial charge is 0.465 e. The van der Waals surface area contributed by atoms with Crippen LogP contribution in [0.15, 0.2) is 30.5 Å².